The van der Waals surface area contributed by atoms with Crippen LogP contribution in [-0.2, 0) is 6.54 Å². The number of pyridine rings is 1. The molecule has 2 rings (SSSR count). The minimum Gasteiger partial charge on any atom is -0.439 e. The Bertz CT molecular complexity index is 467. The maximum Gasteiger partial charge on any atom is 0.262 e. The molecule has 0 radical (unpaired) electrons. The van der Waals surface area contributed by atoms with E-state index < -0.39 is 0 Å². The highest BCUT2D eigenvalue weighted by atomic mass is 32.2. The zero-order valence-corrected chi connectivity index (χ0v) is 10.8. The van der Waals surface area contributed by atoms with Gasteiger partial charge < -0.3 is 9.73 Å². The van der Waals surface area contributed by atoms with Crippen LogP contribution in [-0.4, -0.2) is 16.5 Å². The molecule has 0 amide bonds. The van der Waals surface area contributed by atoms with Gasteiger partial charge in [0.1, 0.15) is 11.3 Å². The average Bonchev–Trinajstić information content (AvgIpc) is 2.74. The molecule has 0 fully saturated rings. The van der Waals surface area contributed by atoms with E-state index in [4.69, 9.17) is 4.42 Å². The van der Waals surface area contributed by atoms with Crippen molar-refractivity contribution in [1.82, 2.24) is 15.3 Å². The Morgan fingerprint density at radius 2 is 2.29 bits per heavy atom. The quantitative estimate of drug-likeness (QED) is 0.882. The molecular formula is C12H15N3OS. The van der Waals surface area contributed by atoms with Gasteiger partial charge in [-0.25, -0.2) is 9.97 Å². The molecule has 1 N–H and O–H groups in total. The molecule has 90 valence electrons. The van der Waals surface area contributed by atoms with Crippen molar-refractivity contribution in [2.45, 2.75) is 30.6 Å². The molecule has 0 unspecified atom stereocenters. The molecule has 0 saturated heterocycles. The number of hydrogen-bond donors (Lipinski definition) is 1. The number of rotatable bonds is 5. The summed E-state index contributed by atoms with van der Waals surface area (Å²) in [6, 6.07) is 4.05. The zero-order chi connectivity index (χ0) is 12.1. The third kappa shape index (κ3) is 3.57. The van der Waals surface area contributed by atoms with Crippen molar-refractivity contribution >= 4 is 11.8 Å². The molecule has 0 spiro atoms. The van der Waals surface area contributed by atoms with Crippen molar-refractivity contribution in [3.63, 3.8) is 0 Å². The van der Waals surface area contributed by atoms with Crippen LogP contribution in [0.5, 0.6) is 0 Å². The zero-order valence-electron chi connectivity index (χ0n) is 9.93. The van der Waals surface area contributed by atoms with Gasteiger partial charge in [0.2, 0.25) is 0 Å². The number of aromatic nitrogens is 2. The van der Waals surface area contributed by atoms with Crippen LogP contribution >= 0.6 is 11.8 Å². The second kappa shape index (κ2) is 5.84. The molecule has 2 aromatic rings. The van der Waals surface area contributed by atoms with Gasteiger partial charge in [-0.15, -0.1) is 0 Å². The molecule has 0 aliphatic heterocycles. The van der Waals surface area contributed by atoms with Crippen molar-refractivity contribution in [1.29, 1.82) is 0 Å². The van der Waals surface area contributed by atoms with Crippen LogP contribution in [0.15, 0.2) is 39.3 Å². The molecule has 0 aliphatic rings. The number of nitrogens with one attached hydrogen (secondary N) is 1. The molecule has 2 heterocycles. The number of nitrogens with zero attached hydrogens (tertiary/aromatic N) is 2. The van der Waals surface area contributed by atoms with E-state index in [2.05, 4.69) is 28.3 Å². The summed E-state index contributed by atoms with van der Waals surface area (Å²) in [6.45, 7) is 5.81. The van der Waals surface area contributed by atoms with Gasteiger partial charge in [-0.05, 0) is 36.9 Å². The van der Waals surface area contributed by atoms with E-state index in [9.17, 15) is 0 Å². The van der Waals surface area contributed by atoms with Crippen LogP contribution in [0.3, 0.4) is 0 Å². The smallest absolute Gasteiger partial charge is 0.262 e. The highest BCUT2D eigenvalue weighted by Gasteiger charge is 2.04. The fraction of sp³-hybridized carbons (Fsp3) is 0.333. The van der Waals surface area contributed by atoms with Gasteiger partial charge in [-0.2, -0.15) is 0 Å². The van der Waals surface area contributed by atoms with Crippen molar-refractivity contribution < 1.29 is 4.42 Å². The Morgan fingerprint density at radius 1 is 1.41 bits per heavy atom. The molecule has 0 aliphatic carbocycles. The van der Waals surface area contributed by atoms with Gasteiger partial charge in [0.25, 0.3) is 5.22 Å². The van der Waals surface area contributed by atoms with Crippen molar-refractivity contribution in [2.24, 2.45) is 0 Å². The SMILES string of the molecule is CCNCc1ccc(Sc2nc(C)co2)nc1. The Labute approximate surface area is 105 Å². The highest BCUT2D eigenvalue weighted by Crippen LogP contribution is 2.24. The van der Waals surface area contributed by atoms with E-state index >= 15 is 0 Å². The highest BCUT2D eigenvalue weighted by molar-refractivity contribution is 7.99. The molecular weight excluding hydrogens is 234 g/mol. The van der Waals surface area contributed by atoms with Crippen LogP contribution < -0.4 is 5.32 Å². The lowest BCUT2D eigenvalue weighted by Gasteiger charge is -2.02. The van der Waals surface area contributed by atoms with E-state index in [-0.39, 0.29) is 0 Å². The predicted molar refractivity (Wildman–Crippen MR) is 67.0 cm³/mol. The second-order valence-electron chi connectivity index (χ2n) is 3.64. The third-order valence-electron chi connectivity index (χ3n) is 2.17. The van der Waals surface area contributed by atoms with E-state index in [1.807, 2.05) is 19.2 Å². The number of oxazole rings is 1. The molecule has 4 nitrogen and oxygen atoms in total. The summed E-state index contributed by atoms with van der Waals surface area (Å²) >= 11 is 1.43. The van der Waals surface area contributed by atoms with E-state index in [1.54, 1.807) is 6.26 Å². The maximum atomic E-state index is 5.26. The van der Waals surface area contributed by atoms with Crippen LogP contribution in [0.1, 0.15) is 18.2 Å². The van der Waals surface area contributed by atoms with Gasteiger partial charge in [0.05, 0.1) is 5.69 Å². The average molecular weight is 249 g/mol. The van der Waals surface area contributed by atoms with Gasteiger partial charge in [0.15, 0.2) is 0 Å². The normalized spacial score (nSPS) is 10.7. The van der Waals surface area contributed by atoms with E-state index in [0.717, 1.165) is 23.8 Å². The minimum atomic E-state index is 0.634. The maximum absolute atomic E-state index is 5.26. The first-order chi connectivity index (χ1) is 8.28. The lowest BCUT2D eigenvalue weighted by atomic mass is 10.3. The monoisotopic (exact) mass is 249 g/mol. The fourth-order valence-corrected chi connectivity index (χ4v) is 2.02. The number of aryl methyl sites for hydroxylation is 1. The van der Waals surface area contributed by atoms with Crippen LogP contribution in [0.4, 0.5) is 0 Å². The van der Waals surface area contributed by atoms with Crippen LogP contribution in [0.2, 0.25) is 0 Å². The second-order valence-corrected chi connectivity index (χ2v) is 4.61. The van der Waals surface area contributed by atoms with Gasteiger partial charge >= 0.3 is 0 Å². The lowest BCUT2D eigenvalue weighted by molar-refractivity contribution is 0.454. The molecule has 0 aromatic carbocycles. The molecule has 0 bridgehead atoms. The van der Waals surface area contributed by atoms with Gasteiger partial charge in [-0.3, -0.25) is 0 Å². The van der Waals surface area contributed by atoms with Crippen molar-refractivity contribution in [3.8, 4) is 0 Å². The minimum absolute atomic E-state index is 0.634. The van der Waals surface area contributed by atoms with E-state index in [0.29, 0.717) is 5.22 Å². The molecule has 0 saturated carbocycles. The molecule has 0 atom stereocenters. The first-order valence-corrected chi connectivity index (χ1v) is 6.35. The first kappa shape index (κ1) is 12.1. The summed E-state index contributed by atoms with van der Waals surface area (Å²) in [7, 11) is 0. The molecule has 5 heteroatoms. The standard InChI is InChI=1S/C12H15N3OS/c1-3-13-6-10-4-5-11(14-7-10)17-12-15-9(2)8-16-12/h4-5,7-8,13H,3,6H2,1-2H3. The van der Waals surface area contributed by atoms with E-state index in [1.165, 1.54) is 17.3 Å². The topological polar surface area (TPSA) is 51.0 Å². The van der Waals surface area contributed by atoms with Crippen molar-refractivity contribution in [3.05, 3.63) is 35.9 Å². The Kier molecular flexibility index (Phi) is 4.17. The molecule has 2 aromatic heterocycles. The Morgan fingerprint density at radius 3 is 2.88 bits per heavy atom. The first-order valence-electron chi connectivity index (χ1n) is 5.53. The summed E-state index contributed by atoms with van der Waals surface area (Å²) in [5.41, 5.74) is 2.07. The predicted octanol–water partition coefficient (Wildman–Crippen LogP) is 2.64. The fourth-order valence-electron chi connectivity index (χ4n) is 1.31. The summed E-state index contributed by atoms with van der Waals surface area (Å²) in [4.78, 5) is 8.58. The summed E-state index contributed by atoms with van der Waals surface area (Å²) in [5, 5.41) is 4.79. The van der Waals surface area contributed by atoms with Gasteiger partial charge in [0, 0.05) is 12.7 Å². The van der Waals surface area contributed by atoms with Crippen molar-refractivity contribution in [2.75, 3.05) is 6.54 Å². The largest absolute Gasteiger partial charge is 0.439 e. The lowest BCUT2D eigenvalue weighted by Crippen LogP contribution is -2.11. The Hall–Kier alpha value is -1.33. The summed E-state index contributed by atoms with van der Waals surface area (Å²) < 4.78 is 5.26. The van der Waals surface area contributed by atoms with Crippen LogP contribution in [0.25, 0.3) is 0 Å². The van der Waals surface area contributed by atoms with Crippen LogP contribution in [0, 0.1) is 6.92 Å². The third-order valence-corrected chi connectivity index (χ3v) is 2.98. The molecule has 17 heavy (non-hydrogen) atoms. The summed E-state index contributed by atoms with van der Waals surface area (Å²) in [5.74, 6) is 0. The van der Waals surface area contributed by atoms with Gasteiger partial charge in [-0.1, -0.05) is 13.0 Å². The Balaban J connectivity index is 1.98. The number of hydrogen-bond acceptors (Lipinski definition) is 5. The summed E-state index contributed by atoms with van der Waals surface area (Å²) in [6.07, 6.45) is 3.52.